The Kier molecular flexibility index (Phi) is 8.03. The van der Waals surface area contributed by atoms with Crippen LogP contribution in [0.2, 0.25) is 0 Å². The van der Waals surface area contributed by atoms with Gasteiger partial charge in [0.15, 0.2) is 0 Å². The SMILES string of the molecule is CCCOC1CC2CCC(C1)N2CC(C)Cn1ncc2ccccc21.O=C(O)C(=O)O. The van der Waals surface area contributed by atoms with E-state index in [0.29, 0.717) is 12.0 Å². The number of para-hydroxylation sites is 1. The molecule has 0 radical (unpaired) electrons. The minimum absolute atomic E-state index is 0.499. The fourth-order valence-corrected chi connectivity index (χ4v) is 4.83. The van der Waals surface area contributed by atoms with Gasteiger partial charge in [0.05, 0.1) is 17.8 Å². The number of ether oxygens (including phenoxy) is 1. The molecule has 170 valence electrons. The van der Waals surface area contributed by atoms with Gasteiger partial charge in [-0.15, -0.1) is 0 Å². The molecule has 3 heterocycles. The molecule has 2 bridgehead atoms. The van der Waals surface area contributed by atoms with Crippen LogP contribution in [0.4, 0.5) is 0 Å². The maximum atomic E-state index is 9.10. The van der Waals surface area contributed by atoms with E-state index < -0.39 is 11.9 Å². The fourth-order valence-electron chi connectivity index (χ4n) is 4.83. The highest BCUT2D eigenvalue weighted by molar-refractivity contribution is 6.27. The number of aromatic nitrogens is 2. The molecule has 3 unspecified atom stereocenters. The minimum Gasteiger partial charge on any atom is -0.473 e. The molecule has 3 atom stereocenters. The van der Waals surface area contributed by atoms with Gasteiger partial charge < -0.3 is 14.9 Å². The number of rotatable bonds is 7. The molecule has 4 rings (SSSR count). The van der Waals surface area contributed by atoms with Crippen molar-refractivity contribution in [3.05, 3.63) is 30.5 Å². The van der Waals surface area contributed by atoms with E-state index in [4.69, 9.17) is 24.5 Å². The van der Waals surface area contributed by atoms with E-state index in [-0.39, 0.29) is 0 Å². The highest BCUT2D eigenvalue weighted by Gasteiger charge is 2.41. The number of carboxylic acid groups (broad SMARTS) is 2. The van der Waals surface area contributed by atoms with E-state index in [9.17, 15) is 0 Å². The Balaban J connectivity index is 0.000000401. The molecule has 1 aromatic carbocycles. The zero-order valence-electron chi connectivity index (χ0n) is 18.3. The number of aliphatic carboxylic acids is 2. The minimum atomic E-state index is -1.82. The summed E-state index contributed by atoms with van der Waals surface area (Å²) in [5.74, 6) is -3.04. The normalized spacial score (nSPS) is 23.9. The van der Waals surface area contributed by atoms with E-state index in [0.717, 1.165) is 31.7 Å². The first-order chi connectivity index (χ1) is 14.9. The van der Waals surface area contributed by atoms with Gasteiger partial charge in [-0.2, -0.15) is 5.10 Å². The van der Waals surface area contributed by atoms with E-state index in [1.54, 1.807) is 0 Å². The Labute approximate surface area is 182 Å². The molecule has 0 spiro atoms. The maximum absolute atomic E-state index is 9.10. The van der Waals surface area contributed by atoms with Crippen LogP contribution in [0.15, 0.2) is 30.5 Å². The first-order valence-electron chi connectivity index (χ1n) is 11.1. The second-order valence-corrected chi connectivity index (χ2v) is 8.65. The number of carboxylic acids is 2. The van der Waals surface area contributed by atoms with Crippen LogP contribution in [-0.4, -0.2) is 68.2 Å². The third-order valence-electron chi connectivity index (χ3n) is 6.14. The van der Waals surface area contributed by atoms with Gasteiger partial charge in [-0.3, -0.25) is 9.58 Å². The summed E-state index contributed by atoms with van der Waals surface area (Å²) in [4.78, 5) is 21.0. The lowest BCUT2D eigenvalue weighted by atomic mass is 9.98. The van der Waals surface area contributed by atoms with Crippen LogP contribution in [0.25, 0.3) is 10.9 Å². The Morgan fingerprint density at radius 3 is 2.39 bits per heavy atom. The lowest BCUT2D eigenvalue weighted by molar-refractivity contribution is -0.159. The van der Waals surface area contributed by atoms with Gasteiger partial charge in [-0.1, -0.05) is 32.0 Å². The zero-order valence-corrected chi connectivity index (χ0v) is 18.3. The molecule has 0 amide bonds. The van der Waals surface area contributed by atoms with Crippen molar-refractivity contribution < 1.29 is 24.5 Å². The molecule has 8 heteroatoms. The average Bonchev–Trinajstić information content (AvgIpc) is 3.23. The van der Waals surface area contributed by atoms with Crippen LogP contribution in [0.5, 0.6) is 0 Å². The van der Waals surface area contributed by atoms with Gasteiger partial charge in [0.1, 0.15) is 0 Å². The van der Waals surface area contributed by atoms with Gasteiger partial charge in [-0.05, 0) is 44.1 Å². The largest absolute Gasteiger partial charge is 0.473 e. The van der Waals surface area contributed by atoms with Crippen LogP contribution >= 0.6 is 0 Å². The number of piperidine rings is 1. The standard InChI is InChI=1S/C21H31N3O.C2H2O4/c1-3-10-25-20-11-18-8-9-19(12-20)23(18)14-16(2)15-24-21-7-5-4-6-17(21)13-22-24;3-1(4)2(5)6/h4-7,13,16,18-20H,3,8-12,14-15H2,1-2H3;(H,3,4)(H,5,6). The third-order valence-corrected chi connectivity index (χ3v) is 6.14. The van der Waals surface area contributed by atoms with Crippen LogP contribution in [0.3, 0.4) is 0 Å². The molecular weight excluding hydrogens is 398 g/mol. The number of hydrogen-bond acceptors (Lipinski definition) is 5. The topological polar surface area (TPSA) is 105 Å². The Morgan fingerprint density at radius 2 is 1.77 bits per heavy atom. The molecule has 2 fully saturated rings. The summed E-state index contributed by atoms with van der Waals surface area (Å²) in [6.45, 7) is 7.68. The van der Waals surface area contributed by atoms with E-state index >= 15 is 0 Å². The molecule has 2 N–H and O–H groups in total. The number of hydrogen-bond donors (Lipinski definition) is 2. The lowest BCUT2D eigenvalue weighted by Gasteiger charge is -2.40. The van der Waals surface area contributed by atoms with Crippen molar-refractivity contribution in [2.45, 2.75) is 70.7 Å². The van der Waals surface area contributed by atoms with E-state index in [2.05, 4.69) is 52.8 Å². The van der Waals surface area contributed by atoms with Crippen molar-refractivity contribution in [3.8, 4) is 0 Å². The maximum Gasteiger partial charge on any atom is 0.414 e. The van der Waals surface area contributed by atoms with Crippen molar-refractivity contribution in [1.29, 1.82) is 0 Å². The Morgan fingerprint density at radius 1 is 1.13 bits per heavy atom. The molecule has 2 saturated heterocycles. The molecule has 0 saturated carbocycles. The van der Waals surface area contributed by atoms with Gasteiger partial charge in [-0.25, -0.2) is 9.59 Å². The molecule has 2 aliphatic rings. The highest BCUT2D eigenvalue weighted by Crippen LogP contribution is 2.37. The summed E-state index contributed by atoms with van der Waals surface area (Å²) < 4.78 is 8.24. The van der Waals surface area contributed by atoms with Crippen molar-refractivity contribution >= 4 is 22.8 Å². The van der Waals surface area contributed by atoms with E-state index in [1.165, 1.54) is 43.1 Å². The second kappa shape index (κ2) is 10.7. The van der Waals surface area contributed by atoms with Crippen LogP contribution in [-0.2, 0) is 20.9 Å². The summed E-state index contributed by atoms with van der Waals surface area (Å²) in [5.41, 5.74) is 1.25. The zero-order chi connectivity index (χ0) is 22.4. The smallest absolute Gasteiger partial charge is 0.414 e. The molecule has 2 aliphatic heterocycles. The monoisotopic (exact) mass is 431 g/mol. The predicted molar refractivity (Wildman–Crippen MR) is 117 cm³/mol. The first kappa shape index (κ1) is 23.2. The van der Waals surface area contributed by atoms with Gasteiger partial charge in [0, 0.05) is 37.2 Å². The summed E-state index contributed by atoms with van der Waals surface area (Å²) in [6.07, 6.45) is 8.79. The van der Waals surface area contributed by atoms with Gasteiger partial charge >= 0.3 is 11.9 Å². The van der Waals surface area contributed by atoms with Gasteiger partial charge in [0.2, 0.25) is 0 Å². The Bertz CT molecular complexity index is 857. The number of fused-ring (bicyclic) bond motifs is 3. The van der Waals surface area contributed by atoms with E-state index in [1.807, 2.05) is 6.20 Å². The van der Waals surface area contributed by atoms with Crippen molar-refractivity contribution in [2.75, 3.05) is 13.2 Å². The fraction of sp³-hybridized carbons (Fsp3) is 0.609. The van der Waals surface area contributed by atoms with Crippen molar-refractivity contribution in [2.24, 2.45) is 5.92 Å². The first-order valence-corrected chi connectivity index (χ1v) is 11.1. The summed E-state index contributed by atoms with van der Waals surface area (Å²) >= 11 is 0. The molecule has 0 aliphatic carbocycles. The number of benzene rings is 1. The number of nitrogens with zero attached hydrogens (tertiary/aromatic N) is 3. The highest BCUT2D eigenvalue weighted by atomic mass is 16.5. The van der Waals surface area contributed by atoms with Crippen LogP contribution < -0.4 is 0 Å². The molecule has 2 aromatic rings. The third kappa shape index (κ3) is 6.04. The van der Waals surface area contributed by atoms with Crippen LogP contribution in [0, 0.1) is 5.92 Å². The Hall–Kier alpha value is -2.45. The second-order valence-electron chi connectivity index (χ2n) is 8.65. The van der Waals surface area contributed by atoms with Crippen molar-refractivity contribution in [3.63, 3.8) is 0 Å². The predicted octanol–water partition coefficient (Wildman–Crippen LogP) is 3.25. The summed E-state index contributed by atoms with van der Waals surface area (Å²) in [7, 11) is 0. The van der Waals surface area contributed by atoms with Crippen molar-refractivity contribution in [1.82, 2.24) is 14.7 Å². The average molecular weight is 432 g/mol. The molecular formula is C23H33N3O5. The molecule has 1 aromatic heterocycles. The quantitative estimate of drug-likeness (QED) is 0.648. The lowest BCUT2D eigenvalue weighted by Crippen LogP contribution is -2.47. The summed E-state index contributed by atoms with van der Waals surface area (Å²) in [6, 6.07) is 9.97. The van der Waals surface area contributed by atoms with Gasteiger partial charge in [0.25, 0.3) is 0 Å². The summed E-state index contributed by atoms with van der Waals surface area (Å²) in [5, 5.41) is 20.6. The molecule has 8 nitrogen and oxygen atoms in total. The molecule has 31 heavy (non-hydrogen) atoms. The van der Waals surface area contributed by atoms with Crippen LogP contribution in [0.1, 0.15) is 46.0 Å². The number of carbonyl (C=O) groups is 2.